The minimum absolute atomic E-state index is 0.0967. The predicted molar refractivity (Wildman–Crippen MR) is 130 cm³/mol. The highest BCUT2D eigenvalue weighted by Crippen LogP contribution is 2.29. The number of carbonyl (C=O) groups is 1. The molecule has 3 aromatic rings. The van der Waals surface area contributed by atoms with Crippen molar-refractivity contribution >= 4 is 32.7 Å². The average molecular weight is 483 g/mol. The van der Waals surface area contributed by atoms with Crippen LogP contribution in [0.25, 0.3) is 11.0 Å². The molecule has 0 bridgehead atoms. The quantitative estimate of drug-likeness (QED) is 0.555. The van der Waals surface area contributed by atoms with Crippen LogP contribution in [0.4, 0.5) is 5.69 Å². The largest absolute Gasteiger partial charge is 0.368 e. The smallest absolute Gasteiger partial charge is 0.243 e. The Morgan fingerprint density at radius 2 is 1.74 bits per heavy atom. The summed E-state index contributed by atoms with van der Waals surface area (Å²) in [5.41, 5.74) is 2.47. The van der Waals surface area contributed by atoms with Crippen molar-refractivity contribution in [2.45, 2.75) is 43.7 Å². The van der Waals surface area contributed by atoms with E-state index in [0.29, 0.717) is 38.0 Å². The molecule has 34 heavy (non-hydrogen) atoms. The SMILES string of the molecule is CC(C)n1nnc2cc(S(=O)(=O)N3CCC[C@@H]3C(=O)N3CCN(c4ccccc4)CC3)ccc21. The van der Waals surface area contributed by atoms with Gasteiger partial charge in [0, 0.05) is 44.5 Å². The van der Waals surface area contributed by atoms with Crippen molar-refractivity contribution in [3.63, 3.8) is 0 Å². The second-order valence-corrected chi connectivity index (χ2v) is 11.1. The Morgan fingerprint density at radius 1 is 1.00 bits per heavy atom. The summed E-state index contributed by atoms with van der Waals surface area (Å²) in [5.74, 6) is -0.0967. The predicted octanol–water partition coefficient (Wildman–Crippen LogP) is 2.51. The number of hydrogen-bond donors (Lipinski definition) is 0. The van der Waals surface area contributed by atoms with E-state index in [-0.39, 0.29) is 16.8 Å². The molecule has 5 rings (SSSR count). The summed E-state index contributed by atoms with van der Waals surface area (Å²) in [6, 6.07) is 14.5. The Kier molecular flexibility index (Phi) is 6.03. The Balaban J connectivity index is 1.32. The van der Waals surface area contributed by atoms with Crippen molar-refractivity contribution in [2.24, 2.45) is 0 Å². The third kappa shape index (κ3) is 4.05. The number of nitrogens with zero attached hydrogens (tertiary/aromatic N) is 6. The molecule has 0 spiro atoms. The van der Waals surface area contributed by atoms with Gasteiger partial charge in [0.15, 0.2) is 0 Å². The minimum Gasteiger partial charge on any atom is -0.368 e. The standard InChI is InChI=1S/C24H30N6O3S/c1-18(2)30-22-11-10-20(17-21(22)25-26-30)34(32,33)29-12-6-9-23(29)24(31)28-15-13-27(14-16-28)19-7-4-3-5-8-19/h3-5,7-8,10-11,17-18,23H,6,9,12-16H2,1-2H3/t23-/m1/s1. The van der Waals surface area contributed by atoms with Gasteiger partial charge in [-0.25, -0.2) is 13.1 Å². The molecule has 2 aliphatic heterocycles. The van der Waals surface area contributed by atoms with Crippen LogP contribution in [0.1, 0.15) is 32.7 Å². The molecule has 1 aromatic heterocycles. The Hall–Kier alpha value is -2.98. The monoisotopic (exact) mass is 482 g/mol. The molecule has 180 valence electrons. The molecule has 10 heteroatoms. The number of hydrogen-bond acceptors (Lipinski definition) is 6. The van der Waals surface area contributed by atoms with Crippen LogP contribution in [0.2, 0.25) is 0 Å². The summed E-state index contributed by atoms with van der Waals surface area (Å²) < 4.78 is 30.2. The minimum atomic E-state index is -3.83. The molecule has 2 aromatic carbocycles. The molecule has 0 unspecified atom stereocenters. The molecule has 3 heterocycles. The number of benzene rings is 2. The summed E-state index contributed by atoms with van der Waals surface area (Å²) in [4.78, 5) is 17.6. The Morgan fingerprint density at radius 3 is 2.44 bits per heavy atom. The number of aromatic nitrogens is 3. The molecular formula is C24H30N6O3S. The maximum absolute atomic E-state index is 13.5. The van der Waals surface area contributed by atoms with Crippen LogP contribution in [-0.4, -0.2) is 77.3 Å². The fourth-order valence-electron chi connectivity index (χ4n) is 4.91. The van der Waals surface area contributed by atoms with Crippen molar-refractivity contribution in [2.75, 3.05) is 37.6 Å². The highest BCUT2D eigenvalue weighted by molar-refractivity contribution is 7.89. The van der Waals surface area contributed by atoms with Crippen LogP contribution < -0.4 is 4.90 Å². The van der Waals surface area contributed by atoms with E-state index in [1.54, 1.807) is 22.9 Å². The zero-order chi connectivity index (χ0) is 23.9. The molecule has 2 saturated heterocycles. The van der Waals surface area contributed by atoms with E-state index in [2.05, 4.69) is 27.3 Å². The van der Waals surface area contributed by atoms with Crippen molar-refractivity contribution in [3.05, 3.63) is 48.5 Å². The van der Waals surface area contributed by atoms with Crippen molar-refractivity contribution < 1.29 is 13.2 Å². The van der Waals surface area contributed by atoms with Crippen molar-refractivity contribution in [1.82, 2.24) is 24.2 Å². The van der Waals surface area contributed by atoms with E-state index >= 15 is 0 Å². The lowest BCUT2D eigenvalue weighted by Crippen LogP contribution is -2.54. The van der Waals surface area contributed by atoms with Crippen LogP contribution in [-0.2, 0) is 14.8 Å². The number of rotatable bonds is 5. The van der Waals surface area contributed by atoms with Gasteiger partial charge in [-0.3, -0.25) is 4.79 Å². The molecule has 9 nitrogen and oxygen atoms in total. The molecule has 1 amide bonds. The van der Waals surface area contributed by atoms with Gasteiger partial charge in [0.05, 0.1) is 10.4 Å². The first-order valence-corrected chi connectivity index (χ1v) is 13.3. The Labute approximate surface area is 200 Å². The molecule has 0 N–H and O–H groups in total. The second kappa shape index (κ2) is 8.99. The summed E-state index contributed by atoms with van der Waals surface area (Å²) in [6.45, 7) is 6.98. The zero-order valence-electron chi connectivity index (χ0n) is 19.5. The van der Waals surface area contributed by atoms with Gasteiger partial charge < -0.3 is 9.80 Å². The average Bonchev–Trinajstić information content (AvgIpc) is 3.52. The van der Waals surface area contributed by atoms with Crippen LogP contribution in [0.15, 0.2) is 53.4 Å². The van der Waals surface area contributed by atoms with Gasteiger partial charge >= 0.3 is 0 Å². The van der Waals surface area contributed by atoms with Crippen molar-refractivity contribution in [1.29, 1.82) is 0 Å². The fourth-order valence-corrected chi connectivity index (χ4v) is 6.58. The van der Waals surface area contributed by atoms with E-state index < -0.39 is 16.1 Å². The van der Waals surface area contributed by atoms with Gasteiger partial charge in [-0.15, -0.1) is 5.10 Å². The highest BCUT2D eigenvalue weighted by Gasteiger charge is 2.41. The maximum Gasteiger partial charge on any atom is 0.243 e. The molecule has 1 atom stereocenters. The molecular weight excluding hydrogens is 452 g/mol. The van der Waals surface area contributed by atoms with Crippen LogP contribution in [0.5, 0.6) is 0 Å². The Bertz CT molecular complexity index is 1280. The third-order valence-electron chi connectivity index (χ3n) is 6.74. The van der Waals surface area contributed by atoms with E-state index in [1.165, 1.54) is 4.31 Å². The lowest BCUT2D eigenvalue weighted by molar-refractivity contribution is -0.134. The second-order valence-electron chi connectivity index (χ2n) is 9.20. The first-order chi connectivity index (χ1) is 16.4. The lowest BCUT2D eigenvalue weighted by atomic mass is 10.1. The number of sulfonamides is 1. The summed E-state index contributed by atoms with van der Waals surface area (Å²) in [6.07, 6.45) is 1.22. The first-order valence-electron chi connectivity index (χ1n) is 11.8. The van der Waals surface area contributed by atoms with Crippen molar-refractivity contribution in [3.8, 4) is 0 Å². The van der Waals surface area contributed by atoms with Gasteiger partial charge in [0.1, 0.15) is 11.6 Å². The van der Waals surface area contributed by atoms with Gasteiger partial charge in [-0.1, -0.05) is 23.4 Å². The zero-order valence-corrected chi connectivity index (χ0v) is 20.4. The summed E-state index contributed by atoms with van der Waals surface area (Å²) in [7, 11) is -3.83. The van der Waals surface area contributed by atoms with Gasteiger partial charge in [-0.2, -0.15) is 4.31 Å². The maximum atomic E-state index is 13.5. The van der Waals surface area contributed by atoms with E-state index in [4.69, 9.17) is 0 Å². The highest BCUT2D eigenvalue weighted by atomic mass is 32.2. The molecule has 0 radical (unpaired) electrons. The summed E-state index contributed by atoms with van der Waals surface area (Å²) in [5, 5.41) is 8.29. The number of anilines is 1. The molecule has 2 aliphatic rings. The van der Waals surface area contributed by atoms with Crippen LogP contribution in [0, 0.1) is 0 Å². The summed E-state index contributed by atoms with van der Waals surface area (Å²) >= 11 is 0. The third-order valence-corrected chi connectivity index (χ3v) is 8.64. The number of para-hydroxylation sites is 1. The fraction of sp³-hybridized carbons (Fsp3) is 0.458. The van der Waals surface area contributed by atoms with Crippen LogP contribution in [0.3, 0.4) is 0 Å². The lowest BCUT2D eigenvalue weighted by Gasteiger charge is -2.38. The number of piperazine rings is 1. The van der Waals surface area contributed by atoms with Crippen LogP contribution >= 0.6 is 0 Å². The molecule has 2 fully saturated rings. The van der Waals surface area contributed by atoms with E-state index in [0.717, 1.165) is 24.3 Å². The molecule has 0 aliphatic carbocycles. The van der Waals surface area contributed by atoms with Gasteiger partial charge in [0.25, 0.3) is 0 Å². The number of amides is 1. The topological polar surface area (TPSA) is 91.6 Å². The van der Waals surface area contributed by atoms with E-state index in [9.17, 15) is 13.2 Å². The normalized spacial score (nSPS) is 19.9. The van der Waals surface area contributed by atoms with E-state index in [1.807, 2.05) is 36.9 Å². The molecule has 0 saturated carbocycles. The number of carbonyl (C=O) groups excluding carboxylic acids is 1. The van der Waals surface area contributed by atoms with Gasteiger partial charge in [0.2, 0.25) is 15.9 Å². The van der Waals surface area contributed by atoms with Gasteiger partial charge in [-0.05, 0) is 57.0 Å². The first kappa shape index (κ1) is 22.8. The number of fused-ring (bicyclic) bond motifs is 1.